The summed E-state index contributed by atoms with van der Waals surface area (Å²) in [4.78, 5) is 13.7. The molecular weight excluding hydrogens is 444 g/mol. The Hall–Kier alpha value is -3.54. The first kappa shape index (κ1) is 25.5. The minimum Gasteiger partial charge on any atom is -0.384 e. The summed E-state index contributed by atoms with van der Waals surface area (Å²) in [6, 6.07) is 17.3. The van der Waals surface area contributed by atoms with Crippen LogP contribution in [0.25, 0.3) is 21.8 Å². The van der Waals surface area contributed by atoms with E-state index in [1.807, 2.05) is 0 Å². The molecule has 190 valence electrons. The van der Waals surface area contributed by atoms with E-state index in [-0.39, 0.29) is 0 Å². The summed E-state index contributed by atoms with van der Waals surface area (Å²) in [5.41, 5.74) is 8.90. The molecule has 4 rings (SSSR count). The second-order valence-corrected chi connectivity index (χ2v) is 10.1. The highest BCUT2D eigenvalue weighted by Gasteiger charge is 2.07. The van der Waals surface area contributed by atoms with Gasteiger partial charge in [0, 0.05) is 86.2 Å². The number of nitrogens with one attached hydrogen (secondary N) is 2. The monoisotopic (exact) mass is 484 g/mol. The lowest BCUT2D eigenvalue weighted by Gasteiger charge is -2.16. The quantitative estimate of drug-likeness (QED) is 0.233. The molecule has 0 aliphatic carbocycles. The number of pyridine rings is 2. The highest BCUT2D eigenvalue weighted by atomic mass is 15.1. The summed E-state index contributed by atoms with van der Waals surface area (Å²) in [5, 5.41) is 9.68. The van der Waals surface area contributed by atoms with Gasteiger partial charge in [0.25, 0.3) is 0 Å². The molecule has 0 aliphatic rings. The fraction of sp³-hybridized carbons (Fsp3) is 0.400. The number of nitrogens with zero attached hydrogens (tertiary/aromatic N) is 4. The predicted molar refractivity (Wildman–Crippen MR) is 157 cm³/mol. The van der Waals surface area contributed by atoms with Crippen LogP contribution in [0.15, 0.2) is 48.5 Å². The summed E-state index contributed by atoms with van der Waals surface area (Å²) in [6.45, 7) is 6.08. The zero-order chi connectivity index (χ0) is 25.7. The van der Waals surface area contributed by atoms with Gasteiger partial charge < -0.3 is 20.4 Å². The second kappa shape index (κ2) is 11.5. The van der Waals surface area contributed by atoms with Gasteiger partial charge in [0.05, 0.1) is 11.0 Å². The van der Waals surface area contributed by atoms with E-state index < -0.39 is 0 Å². The van der Waals surface area contributed by atoms with Crippen molar-refractivity contribution in [3.05, 3.63) is 59.9 Å². The summed E-state index contributed by atoms with van der Waals surface area (Å²) in [5.74, 6) is 0. The molecule has 4 aromatic rings. The molecule has 6 nitrogen and oxygen atoms in total. The Balaban J connectivity index is 1.24. The third kappa shape index (κ3) is 6.17. The number of hydrogen-bond donors (Lipinski definition) is 2. The van der Waals surface area contributed by atoms with Crippen LogP contribution in [-0.4, -0.2) is 51.2 Å². The molecule has 0 amide bonds. The van der Waals surface area contributed by atoms with Gasteiger partial charge in [0.2, 0.25) is 0 Å². The van der Waals surface area contributed by atoms with Crippen LogP contribution < -0.4 is 20.4 Å². The third-order valence-electron chi connectivity index (χ3n) is 6.61. The van der Waals surface area contributed by atoms with Crippen molar-refractivity contribution in [1.29, 1.82) is 0 Å². The summed E-state index contributed by atoms with van der Waals surface area (Å²) in [7, 11) is 8.25. The molecule has 0 fully saturated rings. The SMILES string of the molecule is Cc1cc(NCCCCCCNc2cc(C)nc3cc(N(C)C)ccc23)c2ccc(N(C)C)cc2n1. The maximum Gasteiger partial charge on any atom is 0.0746 e. The number of rotatable bonds is 11. The van der Waals surface area contributed by atoms with Crippen molar-refractivity contribution in [2.45, 2.75) is 39.5 Å². The molecule has 0 bridgehead atoms. The van der Waals surface area contributed by atoms with Gasteiger partial charge in [-0.25, -0.2) is 0 Å². The van der Waals surface area contributed by atoms with Crippen molar-refractivity contribution >= 4 is 44.6 Å². The van der Waals surface area contributed by atoms with Gasteiger partial charge in [0.15, 0.2) is 0 Å². The molecule has 36 heavy (non-hydrogen) atoms. The number of anilines is 4. The lowest BCUT2D eigenvalue weighted by molar-refractivity contribution is 0.671. The number of fused-ring (bicyclic) bond motifs is 2. The average Bonchev–Trinajstić information content (AvgIpc) is 2.84. The first-order chi connectivity index (χ1) is 17.3. The summed E-state index contributed by atoms with van der Waals surface area (Å²) in [6.07, 6.45) is 4.74. The standard InChI is InChI=1S/C30H40N6/c1-21-17-27(25-13-11-23(35(3)4)19-29(25)33-21)31-15-9-7-8-10-16-32-28-18-22(2)34-30-20-24(36(5)6)12-14-26(28)30/h11-14,17-20H,7-10,15-16H2,1-6H3,(H,31,33)(H,32,34). The Kier molecular flexibility index (Phi) is 8.14. The van der Waals surface area contributed by atoms with E-state index in [2.05, 4.69) is 111 Å². The number of hydrogen-bond acceptors (Lipinski definition) is 6. The van der Waals surface area contributed by atoms with Crippen molar-refractivity contribution < 1.29 is 0 Å². The van der Waals surface area contributed by atoms with Gasteiger partial charge in [0.1, 0.15) is 0 Å². The van der Waals surface area contributed by atoms with Crippen LogP contribution >= 0.6 is 0 Å². The van der Waals surface area contributed by atoms with Crippen molar-refractivity contribution in [3.8, 4) is 0 Å². The number of benzene rings is 2. The van der Waals surface area contributed by atoms with Crippen LogP contribution in [0.3, 0.4) is 0 Å². The van der Waals surface area contributed by atoms with Crippen molar-refractivity contribution in [3.63, 3.8) is 0 Å². The van der Waals surface area contributed by atoms with Gasteiger partial charge >= 0.3 is 0 Å². The predicted octanol–water partition coefficient (Wildman–Crippen LogP) is 6.62. The van der Waals surface area contributed by atoms with E-state index in [1.54, 1.807) is 0 Å². The van der Waals surface area contributed by atoms with E-state index in [0.29, 0.717) is 0 Å². The largest absolute Gasteiger partial charge is 0.384 e. The zero-order valence-corrected chi connectivity index (χ0v) is 22.7. The van der Waals surface area contributed by atoms with Crippen LogP contribution in [0.5, 0.6) is 0 Å². The molecule has 2 aromatic carbocycles. The molecule has 2 aromatic heterocycles. The van der Waals surface area contributed by atoms with E-state index in [9.17, 15) is 0 Å². The van der Waals surface area contributed by atoms with Crippen LogP contribution in [0.2, 0.25) is 0 Å². The smallest absolute Gasteiger partial charge is 0.0746 e. The van der Waals surface area contributed by atoms with Gasteiger partial charge in [-0.3, -0.25) is 9.97 Å². The topological polar surface area (TPSA) is 56.3 Å². The minimum atomic E-state index is 0.976. The molecule has 0 saturated heterocycles. The summed E-state index contributed by atoms with van der Waals surface area (Å²) >= 11 is 0. The molecule has 2 N–H and O–H groups in total. The molecule has 6 heteroatoms. The van der Waals surface area contributed by atoms with Crippen LogP contribution in [0, 0.1) is 13.8 Å². The van der Waals surface area contributed by atoms with Gasteiger partial charge in [-0.1, -0.05) is 12.8 Å². The van der Waals surface area contributed by atoms with Gasteiger partial charge in [-0.2, -0.15) is 0 Å². The van der Waals surface area contributed by atoms with Crippen LogP contribution in [0.4, 0.5) is 22.7 Å². The first-order valence-electron chi connectivity index (χ1n) is 13.0. The molecule has 0 saturated carbocycles. The molecule has 0 spiro atoms. The normalized spacial score (nSPS) is 11.2. The highest BCUT2D eigenvalue weighted by Crippen LogP contribution is 2.28. The fourth-order valence-corrected chi connectivity index (χ4v) is 4.60. The molecule has 0 unspecified atom stereocenters. The number of aromatic nitrogens is 2. The molecule has 0 atom stereocenters. The molecular formula is C30H40N6. The highest BCUT2D eigenvalue weighted by molar-refractivity contribution is 5.94. The third-order valence-corrected chi connectivity index (χ3v) is 6.61. The van der Waals surface area contributed by atoms with E-state index in [4.69, 9.17) is 9.97 Å². The summed E-state index contributed by atoms with van der Waals surface area (Å²) < 4.78 is 0. The Morgan fingerprint density at radius 3 is 1.39 bits per heavy atom. The van der Waals surface area contributed by atoms with Crippen molar-refractivity contribution in [2.75, 3.05) is 61.7 Å². The number of aryl methyl sites for hydroxylation is 2. The lowest BCUT2D eigenvalue weighted by Crippen LogP contribution is -2.09. The second-order valence-electron chi connectivity index (χ2n) is 10.1. The Morgan fingerprint density at radius 1 is 0.583 bits per heavy atom. The fourth-order valence-electron chi connectivity index (χ4n) is 4.60. The lowest BCUT2D eigenvalue weighted by atomic mass is 10.1. The number of unbranched alkanes of at least 4 members (excludes halogenated alkanes) is 3. The van der Waals surface area contributed by atoms with Crippen LogP contribution in [0.1, 0.15) is 37.1 Å². The Labute approximate surface area is 215 Å². The van der Waals surface area contributed by atoms with Crippen molar-refractivity contribution in [2.24, 2.45) is 0 Å². The van der Waals surface area contributed by atoms with Crippen LogP contribution in [-0.2, 0) is 0 Å². The van der Waals surface area contributed by atoms with E-state index in [0.717, 1.165) is 48.4 Å². The van der Waals surface area contributed by atoms with Gasteiger partial charge in [-0.15, -0.1) is 0 Å². The first-order valence-corrected chi connectivity index (χ1v) is 13.0. The Bertz CT molecular complexity index is 1230. The zero-order valence-electron chi connectivity index (χ0n) is 22.7. The average molecular weight is 485 g/mol. The minimum absolute atomic E-state index is 0.976. The van der Waals surface area contributed by atoms with Crippen molar-refractivity contribution in [1.82, 2.24) is 9.97 Å². The molecule has 0 radical (unpaired) electrons. The Morgan fingerprint density at radius 2 is 1.00 bits per heavy atom. The maximum absolute atomic E-state index is 4.74. The maximum atomic E-state index is 4.74. The van der Waals surface area contributed by atoms with E-state index >= 15 is 0 Å². The van der Waals surface area contributed by atoms with Gasteiger partial charge in [-0.05, 0) is 75.2 Å². The van der Waals surface area contributed by atoms with E-state index in [1.165, 1.54) is 46.4 Å². The molecule has 0 aliphatic heterocycles. The molecule has 2 heterocycles.